The Balaban J connectivity index is 2.35. The average Bonchev–Trinajstić information content (AvgIpc) is 2.23. The SMILES string of the molecule is CC1Cc2ccccc2C(CC(C)(C)C)N1C. The second-order valence-electron chi connectivity index (χ2n) is 6.70. The molecule has 1 aliphatic heterocycles. The minimum Gasteiger partial charge on any atom is -0.296 e. The van der Waals surface area contributed by atoms with Crippen molar-refractivity contribution >= 4 is 0 Å². The molecule has 1 heteroatoms. The Bertz CT molecular complexity index is 389. The molecule has 2 rings (SSSR count). The first-order chi connectivity index (χ1) is 7.88. The Morgan fingerprint density at radius 1 is 1.24 bits per heavy atom. The zero-order chi connectivity index (χ0) is 12.6. The molecule has 0 saturated heterocycles. The summed E-state index contributed by atoms with van der Waals surface area (Å²) in [5.41, 5.74) is 3.47. The highest BCUT2D eigenvalue weighted by atomic mass is 15.2. The van der Waals surface area contributed by atoms with E-state index in [1.54, 1.807) is 11.1 Å². The van der Waals surface area contributed by atoms with Crippen molar-refractivity contribution in [3.05, 3.63) is 35.4 Å². The van der Waals surface area contributed by atoms with Gasteiger partial charge in [0, 0.05) is 12.1 Å². The molecule has 94 valence electrons. The van der Waals surface area contributed by atoms with Crippen LogP contribution >= 0.6 is 0 Å². The van der Waals surface area contributed by atoms with Crippen molar-refractivity contribution in [2.45, 2.75) is 52.6 Å². The first-order valence-corrected chi connectivity index (χ1v) is 6.68. The third-order valence-electron chi connectivity index (χ3n) is 3.92. The van der Waals surface area contributed by atoms with Crippen molar-refractivity contribution in [2.75, 3.05) is 7.05 Å². The van der Waals surface area contributed by atoms with Crippen LogP contribution in [0.2, 0.25) is 0 Å². The summed E-state index contributed by atoms with van der Waals surface area (Å²) in [5.74, 6) is 0. The zero-order valence-electron chi connectivity index (χ0n) is 11.8. The van der Waals surface area contributed by atoms with Crippen LogP contribution in [0, 0.1) is 5.41 Å². The lowest BCUT2D eigenvalue weighted by molar-refractivity contribution is 0.125. The van der Waals surface area contributed by atoms with E-state index in [0.717, 1.165) is 0 Å². The second kappa shape index (κ2) is 4.45. The molecular weight excluding hydrogens is 206 g/mol. The van der Waals surface area contributed by atoms with E-state index in [1.807, 2.05) is 0 Å². The van der Waals surface area contributed by atoms with E-state index >= 15 is 0 Å². The van der Waals surface area contributed by atoms with Gasteiger partial charge < -0.3 is 0 Å². The molecular formula is C16H25N. The van der Waals surface area contributed by atoms with E-state index in [0.29, 0.717) is 17.5 Å². The summed E-state index contributed by atoms with van der Waals surface area (Å²) in [6.45, 7) is 9.35. The number of rotatable bonds is 1. The quantitative estimate of drug-likeness (QED) is 0.705. The molecule has 2 atom stereocenters. The third kappa shape index (κ3) is 2.71. The Labute approximate surface area is 106 Å². The van der Waals surface area contributed by atoms with Crippen molar-refractivity contribution in [3.8, 4) is 0 Å². The first kappa shape index (κ1) is 12.6. The minimum atomic E-state index is 0.378. The van der Waals surface area contributed by atoms with Crippen molar-refractivity contribution in [1.82, 2.24) is 4.90 Å². The third-order valence-corrected chi connectivity index (χ3v) is 3.92. The van der Waals surface area contributed by atoms with E-state index in [2.05, 4.69) is 63.9 Å². The fraction of sp³-hybridized carbons (Fsp3) is 0.625. The molecule has 0 bridgehead atoms. The van der Waals surface area contributed by atoms with Gasteiger partial charge in [-0.15, -0.1) is 0 Å². The summed E-state index contributed by atoms with van der Waals surface area (Å²) in [4.78, 5) is 2.55. The lowest BCUT2D eigenvalue weighted by Crippen LogP contribution is -2.40. The van der Waals surface area contributed by atoms with Gasteiger partial charge in [-0.25, -0.2) is 0 Å². The van der Waals surface area contributed by atoms with Crippen molar-refractivity contribution in [2.24, 2.45) is 5.41 Å². The van der Waals surface area contributed by atoms with Crippen LogP contribution in [0.5, 0.6) is 0 Å². The van der Waals surface area contributed by atoms with Crippen LogP contribution in [-0.4, -0.2) is 18.0 Å². The number of hydrogen-bond donors (Lipinski definition) is 0. The highest BCUT2D eigenvalue weighted by molar-refractivity contribution is 5.33. The fourth-order valence-electron chi connectivity index (χ4n) is 2.87. The molecule has 0 saturated carbocycles. The molecule has 0 aromatic heterocycles. The number of likely N-dealkylation sites (N-methyl/N-ethyl adjacent to an activating group) is 1. The van der Waals surface area contributed by atoms with E-state index in [-0.39, 0.29) is 0 Å². The molecule has 1 aromatic carbocycles. The van der Waals surface area contributed by atoms with Gasteiger partial charge in [0.05, 0.1) is 0 Å². The maximum Gasteiger partial charge on any atom is 0.0355 e. The molecule has 0 radical (unpaired) electrons. The van der Waals surface area contributed by atoms with E-state index in [1.165, 1.54) is 12.8 Å². The number of benzene rings is 1. The molecule has 0 amide bonds. The van der Waals surface area contributed by atoms with Crippen LogP contribution in [0.3, 0.4) is 0 Å². The van der Waals surface area contributed by atoms with Gasteiger partial charge in [0.2, 0.25) is 0 Å². The molecule has 0 N–H and O–H groups in total. The van der Waals surface area contributed by atoms with Gasteiger partial charge in [-0.1, -0.05) is 45.0 Å². The van der Waals surface area contributed by atoms with Gasteiger partial charge in [-0.05, 0) is 43.4 Å². The van der Waals surface area contributed by atoms with Gasteiger partial charge >= 0.3 is 0 Å². The van der Waals surface area contributed by atoms with Gasteiger partial charge in [0.25, 0.3) is 0 Å². The Kier molecular flexibility index (Phi) is 3.31. The van der Waals surface area contributed by atoms with Crippen LogP contribution < -0.4 is 0 Å². The van der Waals surface area contributed by atoms with Crippen LogP contribution in [0.1, 0.15) is 51.3 Å². The van der Waals surface area contributed by atoms with Crippen LogP contribution in [0.15, 0.2) is 24.3 Å². The molecule has 17 heavy (non-hydrogen) atoms. The Hall–Kier alpha value is -0.820. The van der Waals surface area contributed by atoms with Crippen molar-refractivity contribution < 1.29 is 0 Å². The predicted molar refractivity (Wildman–Crippen MR) is 74.2 cm³/mol. The Morgan fingerprint density at radius 2 is 1.88 bits per heavy atom. The van der Waals surface area contributed by atoms with Gasteiger partial charge in [0.15, 0.2) is 0 Å². The summed E-state index contributed by atoms with van der Waals surface area (Å²) in [7, 11) is 2.27. The summed E-state index contributed by atoms with van der Waals surface area (Å²) in [6.07, 6.45) is 2.41. The van der Waals surface area contributed by atoms with Crippen LogP contribution in [-0.2, 0) is 6.42 Å². The molecule has 0 aliphatic carbocycles. The minimum absolute atomic E-state index is 0.378. The van der Waals surface area contributed by atoms with Crippen LogP contribution in [0.25, 0.3) is 0 Å². The maximum absolute atomic E-state index is 2.55. The highest BCUT2D eigenvalue weighted by Gasteiger charge is 2.31. The molecule has 1 aliphatic rings. The van der Waals surface area contributed by atoms with E-state index < -0.39 is 0 Å². The van der Waals surface area contributed by atoms with Crippen LogP contribution in [0.4, 0.5) is 0 Å². The van der Waals surface area contributed by atoms with Crippen molar-refractivity contribution in [1.29, 1.82) is 0 Å². The highest BCUT2D eigenvalue weighted by Crippen LogP contribution is 2.39. The fourth-order valence-corrected chi connectivity index (χ4v) is 2.87. The predicted octanol–water partition coefficient (Wildman–Crippen LogP) is 4.04. The first-order valence-electron chi connectivity index (χ1n) is 6.68. The molecule has 1 aromatic rings. The van der Waals surface area contributed by atoms with E-state index in [4.69, 9.17) is 0 Å². The molecule has 0 fully saturated rings. The summed E-state index contributed by atoms with van der Waals surface area (Å²) >= 11 is 0. The summed E-state index contributed by atoms with van der Waals surface area (Å²) in [5, 5.41) is 0. The smallest absolute Gasteiger partial charge is 0.0355 e. The zero-order valence-corrected chi connectivity index (χ0v) is 11.8. The second-order valence-corrected chi connectivity index (χ2v) is 6.70. The summed E-state index contributed by atoms with van der Waals surface area (Å²) < 4.78 is 0. The molecule has 1 heterocycles. The lowest BCUT2D eigenvalue weighted by Gasteiger charge is -2.42. The average molecular weight is 231 g/mol. The lowest BCUT2D eigenvalue weighted by atomic mass is 9.80. The molecule has 0 spiro atoms. The number of hydrogen-bond acceptors (Lipinski definition) is 1. The van der Waals surface area contributed by atoms with Gasteiger partial charge in [0.1, 0.15) is 0 Å². The molecule has 2 unspecified atom stereocenters. The summed E-state index contributed by atoms with van der Waals surface area (Å²) in [6, 6.07) is 10.2. The van der Waals surface area contributed by atoms with E-state index in [9.17, 15) is 0 Å². The Morgan fingerprint density at radius 3 is 2.53 bits per heavy atom. The van der Waals surface area contributed by atoms with Crippen molar-refractivity contribution in [3.63, 3.8) is 0 Å². The maximum atomic E-state index is 2.55. The standard InChI is InChI=1S/C16H25N/c1-12-10-13-8-6-7-9-14(13)15(17(12)5)11-16(2,3)4/h6-9,12,15H,10-11H2,1-5H3. The number of fused-ring (bicyclic) bond motifs is 1. The topological polar surface area (TPSA) is 3.24 Å². The number of nitrogens with zero attached hydrogens (tertiary/aromatic N) is 1. The molecule has 1 nitrogen and oxygen atoms in total. The van der Waals surface area contributed by atoms with Gasteiger partial charge in [-0.2, -0.15) is 0 Å². The largest absolute Gasteiger partial charge is 0.296 e. The normalized spacial score (nSPS) is 25.7. The monoisotopic (exact) mass is 231 g/mol. The van der Waals surface area contributed by atoms with Gasteiger partial charge in [-0.3, -0.25) is 4.90 Å².